The second-order valence-electron chi connectivity index (χ2n) is 4.92. The second-order valence-corrected chi connectivity index (χ2v) is 6.19. The molecule has 0 radical (unpaired) electrons. The van der Waals surface area contributed by atoms with Gasteiger partial charge in [-0.1, -0.05) is 25.4 Å². The molecule has 0 aromatic heterocycles. The van der Waals surface area contributed by atoms with Crippen LogP contribution in [0.2, 0.25) is 5.02 Å². The standard InChI is InChI=1S/C14H18BrClFNO/c1-3-18-13(14-8(2)4-5-19-14)9-6-11(16)10(15)7-12(9)17/h6-8,13-14,18H,3-5H2,1-2H3. The van der Waals surface area contributed by atoms with Crippen LogP contribution < -0.4 is 5.32 Å². The van der Waals surface area contributed by atoms with Crippen LogP contribution in [0.4, 0.5) is 4.39 Å². The quantitative estimate of drug-likeness (QED) is 0.817. The van der Waals surface area contributed by atoms with Crippen molar-refractivity contribution < 1.29 is 9.13 Å². The number of rotatable bonds is 4. The molecule has 1 aliphatic heterocycles. The topological polar surface area (TPSA) is 21.3 Å². The molecule has 2 rings (SSSR count). The molecule has 3 unspecified atom stereocenters. The van der Waals surface area contributed by atoms with Crippen molar-refractivity contribution in [1.29, 1.82) is 0 Å². The maximum absolute atomic E-state index is 14.2. The molecule has 2 nitrogen and oxygen atoms in total. The predicted molar refractivity (Wildman–Crippen MR) is 79.0 cm³/mol. The highest BCUT2D eigenvalue weighted by Crippen LogP contribution is 2.35. The molecule has 0 bridgehead atoms. The molecule has 1 heterocycles. The zero-order valence-corrected chi connectivity index (χ0v) is 13.4. The molecule has 0 saturated carbocycles. The molecule has 0 amide bonds. The maximum atomic E-state index is 14.2. The number of ether oxygens (including phenoxy) is 1. The molecule has 0 spiro atoms. The minimum Gasteiger partial charge on any atom is -0.376 e. The van der Waals surface area contributed by atoms with Gasteiger partial charge in [0.15, 0.2) is 0 Å². The van der Waals surface area contributed by atoms with Crippen LogP contribution in [0.1, 0.15) is 31.9 Å². The van der Waals surface area contributed by atoms with Gasteiger partial charge >= 0.3 is 0 Å². The van der Waals surface area contributed by atoms with Crippen LogP contribution in [0.15, 0.2) is 16.6 Å². The van der Waals surface area contributed by atoms with Gasteiger partial charge in [0.05, 0.1) is 17.2 Å². The van der Waals surface area contributed by atoms with E-state index < -0.39 is 0 Å². The van der Waals surface area contributed by atoms with Crippen LogP contribution in [0.5, 0.6) is 0 Å². The molecule has 1 aliphatic rings. The summed E-state index contributed by atoms with van der Waals surface area (Å²) in [5, 5.41) is 3.84. The lowest BCUT2D eigenvalue weighted by molar-refractivity contribution is 0.0601. The van der Waals surface area contributed by atoms with Crippen molar-refractivity contribution in [1.82, 2.24) is 5.32 Å². The third-order valence-corrected chi connectivity index (χ3v) is 4.77. The smallest absolute Gasteiger partial charge is 0.129 e. The molecule has 106 valence electrons. The van der Waals surface area contributed by atoms with Gasteiger partial charge in [0.2, 0.25) is 0 Å². The minimum absolute atomic E-state index is 0.00769. The van der Waals surface area contributed by atoms with Gasteiger partial charge < -0.3 is 10.1 Å². The van der Waals surface area contributed by atoms with E-state index in [1.54, 1.807) is 6.07 Å². The monoisotopic (exact) mass is 349 g/mol. The number of hydrogen-bond acceptors (Lipinski definition) is 2. The molecular formula is C14H18BrClFNO. The fraction of sp³-hybridized carbons (Fsp3) is 0.571. The van der Waals surface area contributed by atoms with Crippen molar-refractivity contribution in [3.8, 4) is 0 Å². The Morgan fingerprint density at radius 1 is 1.58 bits per heavy atom. The van der Waals surface area contributed by atoms with Crippen molar-refractivity contribution in [2.24, 2.45) is 5.92 Å². The first kappa shape index (κ1) is 15.2. The summed E-state index contributed by atoms with van der Waals surface area (Å²) in [6, 6.07) is 2.94. The van der Waals surface area contributed by atoms with E-state index in [2.05, 4.69) is 28.2 Å². The Kier molecular flexibility index (Phi) is 5.23. The van der Waals surface area contributed by atoms with Crippen LogP contribution in [0.3, 0.4) is 0 Å². The predicted octanol–water partition coefficient (Wildman–Crippen LogP) is 4.32. The SMILES string of the molecule is CCNC(c1cc(Cl)c(Br)cc1F)C1OCCC1C. The van der Waals surface area contributed by atoms with E-state index in [-0.39, 0.29) is 18.0 Å². The van der Waals surface area contributed by atoms with Gasteiger partial charge in [-0.3, -0.25) is 0 Å². The number of halogens is 3. The first-order valence-electron chi connectivity index (χ1n) is 6.54. The number of nitrogens with one attached hydrogen (secondary N) is 1. The Hall–Kier alpha value is -0.160. The number of likely N-dealkylation sites (N-methyl/N-ethyl adjacent to an activating group) is 1. The Morgan fingerprint density at radius 2 is 2.32 bits per heavy atom. The first-order chi connectivity index (χ1) is 9.04. The van der Waals surface area contributed by atoms with Crippen LogP contribution in [0, 0.1) is 11.7 Å². The Bertz CT molecular complexity index is 457. The molecule has 5 heteroatoms. The fourth-order valence-electron chi connectivity index (χ4n) is 2.54. The summed E-state index contributed by atoms with van der Waals surface area (Å²) < 4.78 is 20.6. The van der Waals surface area contributed by atoms with E-state index in [0.29, 0.717) is 21.0 Å². The molecule has 1 fully saturated rings. The lowest BCUT2D eigenvalue weighted by Gasteiger charge is -2.28. The first-order valence-corrected chi connectivity index (χ1v) is 7.71. The highest BCUT2D eigenvalue weighted by atomic mass is 79.9. The van der Waals surface area contributed by atoms with Crippen molar-refractivity contribution in [2.45, 2.75) is 32.4 Å². The summed E-state index contributed by atoms with van der Waals surface area (Å²) in [6.07, 6.45) is 1.00. The van der Waals surface area contributed by atoms with Gasteiger partial charge in [-0.05, 0) is 46.9 Å². The van der Waals surface area contributed by atoms with Gasteiger partial charge in [0, 0.05) is 16.6 Å². The molecule has 1 N–H and O–H groups in total. The fourth-order valence-corrected chi connectivity index (χ4v) is 3.03. The van der Waals surface area contributed by atoms with Crippen molar-refractivity contribution in [3.05, 3.63) is 33.0 Å². The van der Waals surface area contributed by atoms with Gasteiger partial charge in [-0.15, -0.1) is 0 Å². The van der Waals surface area contributed by atoms with Gasteiger partial charge in [0.1, 0.15) is 5.82 Å². The van der Waals surface area contributed by atoms with E-state index in [9.17, 15) is 4.39 Å². The van der Waals surface area contributed by atoms with Crippen LogP contribution >= 0.6 is 27.5 Å². The average molecular weight is 351 g/mol. The van der Waals surface area contributed by atoms with Gasteiger partial charge in [-0.25, -0.2) is 4.39 Å². The number of benzene rings is 1. The molecule has 0 aliphatic carbocycles. The van der Waals surface area contributed by atoms with Crippen LogP contribution in [-0.2, 0) is 4.74 Å². The summed E-state index contributed by atoms with van der Waals surface area (Å²) in [5.74, 6) is 0.149. The van der Waals surface area contributed by atoms with E-state index in [1.165, 1.54) is 6.07 Å². The summed E-state index contributed by atoms with van der Waals surface area (Å²) >= 11 is 9.33. The lowest BCUT2D eigenvalue weighted by atomic mass is 9.92. The van der Waals surface area contributed by atoms with Crippen LogP contribution in [-0.4, -0.2) is 19.3 Å². The summed E-state index contributed by atoms with van der Waals surface area (Å²) in [4.78, 5) is 0. The molecular weight excluding hydrogens is 333 g/mol. The van der Waals surface area contributed by atoms with E-state index in [1.807, 2.05) is 6.92 Å². The third kappa shape index (κ3) is 3.30. The lowest BCUT2D eigenvalue weighted by Crippen LogP contribution is -2.35. The maximum Gasteiger partial charge on any atom is 0.129 e. The Labute approximate surface area is 126 Å². The summed E-state index contributed by atoms with van der Waals surface area (Å²) in [6.45, 7) is 5.63. The van der Waals surface area contributed by atoms with Gasteiger partial charge in [-0.2, -0.15) is 0 Å². The third-order valence-electron chi connectivity index (χ3n) is 3.57. The van der Waals surface area contributed by atoms with E-state index in [4.69, 9.17) is 16.3 Å². The van der Waals surface area contributed by atoms with Gasteiger partial charge in [0.25, 0.3) is 0 Å². The largest absolute Gasteiger partial charge is 0.376 e. The normalized spacial score (nSPS) is 24.7. The van der Waals surface area contributed by atoms with Crippen molar-refractivity contribution in [2.75, 3.05) is 13.2 Å². The summed E-state index contributed by atoms with van der Waals surface area (Å²) in [5.41, 5.74) is 0.578. The van der Waals surface area contributed by atoms with Crippen molar-refractivity contribution in [3.63, 3.8) is 0 Å². The zero-order chi connectivity index (χ0) is 14.0. The molecule has 1 saturated heterocycles. The minimum atomic E-state index is -0.259. The average Bonchev–Trinajstić information content (AvgIpc) is 2.77. The van der Waals surface area contributed by atoms with E-state index >= 15 is 0 Å². The van der Waals surface area contributed by atoms with Crippen LogP contribution in [0.25, 0.3) is 0 Å². The number of hydrogen-bond donors (Lipinski definition) is 1. The highest BCUT2D eigenvalue weighted by Gasteiger charge is 2.34. The molecule has 1 aromatic rings. The Balaban J connectivity index is 2.35. The Morgan fingerprint density at radius 3 is 2.89 bits per heavy atom. The molecule has 19 heavy (non-hydrogen) atoms. The highest BCUT2D eigenvalue weighted by molar-refractivity contribution is 9.10. The summed E-state index contributed by atoms with van der Waals surface area (Å²) in [7, 11) is 0. The van der Waals surface area contributed by atoms with Crippen molar-refractivity contribution >= 4 is 27.5 Å². The zero-order valence-electron chi connectivity index (χ0n) is 11.1. The molecule has 1 aromatic carbocycles. The second kappa shape index (κ2) is 6.53. The molecule has 3 atom stereocenters. The van der Waals surface area contributed by atoms with E-state index in [0.717, 1.165) is 19.6 Å².